The fourth-order valence-corrected chi connectivity index (χ4v) is 2.10. The van der Waals surface area contributed by atoms with Gasteiger partial charge in [-0.05, 0) is 24.0 Å². The summed E-state index contributed by atoms with van der Waals surface area (Å²) in [6.45, 7) is 8.51. The fraction of sp³-hybridized carbons (Fsp3) is 0.562. The summed E-state index contributed by atoms with van der Waals surface area (Å²) >= 11 is 0. The number of aliphatic hydroxyl groups is 1. The summed E-state index contributed by atoms with van der Waals surface area (Å²) in [6, 6.07) is 9.46. The van der Waals surface area contributed by atoms with Gasteiger partial charge in [-0.15, -0.1) is 0 Å². The molecule has 1 amide bonds. The predicted octanol–water partition coefficient (Wildman–Crippen LogP) is 2.36. The number of carbonyl (C=O) groups is 1. The third kappa shape index (κ3) is 7.26. The van der Waals surface area contributed by atoms with Crippen LogP contribution in [0.3, 0.4) is 0 Å². The highest BCUT2D eigenvalue weighted by molar-refractivity contribution is 5.92. The summed E-state index contributed by atoms with van der Waals surface area (Å²) in [5, 5.41) is 11.8. The van der Waals surface area contributed by atoms with Gasteiger partial charge in [-0.3, -0.25) is 9.69 Å². The second-order valence-electron chi connectivity index (χ2n) is 6.26. The maximum Gasteiger partial charge on any atom is 0.238 e. The number of hydrogen-bond donors (Lipinski definition) is 2. The van der Waals surface area contributed by atoms with Crippen LogP contribution in [0.2, 0.25) is 0 Å². The molecule has 0 aliphatic carbocycles. The van der Waals surface area contributed by atoms with Gasteiger partial charge in [0.25, 0.3) is 0 Å². The van der Waals surface area contributed by atoms with Crippen LogP contribution in [-0.4, -0.2) is 42.2 Å². The van der Waals surface area contributed by atoms with Crippen LogP contribution >= 0.6 is 0 Å². The molecular weight excluding hydrogens is 252 g/mol. The van der Waals surface area contributed by atoms with Crippen molar-refractivity contribution in [1.82, 2.24) is 4.90 Å². The first-order chi connectivity index (χ1) is 9.40. The lowest BCUT2D eigenvalue weighted by Gasteiger charge is -2.29. The zero-order valence-corrected chi connectivity index (χ0v) is 12.7. The van der Waals surface area contributed by atoms with Gasteiger partial charge >= 0.3 is 0 Å². The van der Waals surface area contributed by atoms with Crippen molar-refractivity contribution in [1.29, 1.82) is 0 Å². The van der Waals surface area contributed by atoms with Crippen molar-refractivity contribution in [3.63, 3.8) is 0 Å². The second-order valence-corrected chi connectivity index (χ2v) is 6.26. The largest absolute Gasteiger partial charge is 0.396 e. The van der Waals surface area contributed by atoms with Crippen molar-refractivity contribution in [2.75, 3.05) is 31.6 Å². The Morgan fingerprint density at radius 1 is 1.25 bits per heavy atom. The summed E-state index contributed by atoms with van der Waals surface area (Å²) in [5.74, 6) is -0.0154. The Morgan fingerprint density at radius 2 is 1.90 bits per heavy atom. The molecule has 2 N–H and O–H groups in total. The summed E-state index contributed by atoms with van der Waals surface area (Å²) in [7, 11) is 0. The number of para-hydroxylation sites is 1. The molecule has 0 bridgehead atoms. The van der Waals surface area contributed by atoms with Crippen LogP contribution in [0.15, 0.2) is 30.3 Å². The molecule has 0 unspecified atom stereocenters. The topological polar surface area (TPSA) is 52.6 Å². The van der Waals surface area contributed by atoms with Crippen molar-refractivity contribution < 1.29 is 9.90 Å². The van der Waals surface area contributed by atoms with Crippen LogP contribution in [0.25, 0.3) is 0 Å². The van der Waals surface area contributed by atoms with E-state index in [1.54, 1.807) is 0 Å². The Balaban J connectivity index is 2.52. The van der Waals surface area contributed by atoms with E-state index < -0.39 is 0 Å². The van der Waals surface area contributed by atoms with E-state index in [-0.39, 0.29) is 17.9 Å². The highest BCUT2D eigenvalue weighted by atomic mass is 16.3. The number of rotatable bonds is 7. The molecule has 1 aromatic rings. The number of aliphatic hydroxyl groups excluding tert-OH is 1. The Bertz CT molecular complexity index is 399. The smallest absolute Gasteiger partial charge is 0.238 e. The van der Waals surface area contributed by atoms with E-state index in [4.69, 9.17) is 5.11 Å². The minimum atomic E-state index is -0.0154. The minimum Gasteiger partial charge on any atom is -0.396 e. The van der Waals surface area contributed by atoms with E-state index in [0.29, 0.717) is 13.0 Å². The first-order valence-electron chi connectivity index (χ1n) is 7.09. The first-order valence-corrected chi connectivity index (χ1v) is 7.09. The Morgan fingerprint density at radius 3 is 2.45 bits per heavy atom. The fourth-order valence-electron chi connectivity index (χ4n) is 2.10. The zero-order chi connectivity index (χ0) is 15.0. The Kier molecular flexibility index (Phi) is 6.68. The van der Waals surface area contributed by atoms with Crippen molar-refractivity contribution in [2.24, 2.45) is 5.41 Å². The number of nitrogens with zero attached hydrogens (tertiary/aromatic N) is 1. The lowest BCUT2D eigenvalue weighted by Crippen LogP contribution is -2.39. The molecule has 112 valence electrons. The number of anilines is 1. The quantitative estimate of drug-likeness (QED) is 0.805. The first kappa shape index (κ1) is 16.7. The SMILES string of the molecule is CC(C)(C)CN(CCCO)CC(=O)Nc1ccccc1. The molecule has 0 heterocycles. The molecule has 4 heteroatoms. The molecule has 0 aliphatic heterocycles. The van der Waals surface area contributed by atoms with Gasteiger partial charge in [-0.25, -0.2) is 0 Å². The average Bonchev–Trinajstić information content (AvgIpc) is 2.35. The second kappa shape index (κ2) is 8.02. The van der Waals surface area contributed by atoms with Crippen molar-refractivity contribution >= 4 is 11.6 Å². The third-order valence-corrected chi connectivity index (χ3v) is 2.76. The average molecular weight is 278 g/mol. The predicted molar refractivity (Wildman–Crippen MR) is 82.7 cm³/mol. The Labute approximate surface area is 121 Å². The third-order valence-electron chi connectivity index (χ3n) is 2.76. The monoisotopic (exact) mass is 278 g/mol. The standard InChI is InChI=1S/C16H26N2O2/c1-16(2,3)13-18(10-7-11-19)12-15(20)17-14-8-5-4-6-9-14/h4-6,8-9,19H,7,10-13H2,1-3H3,(H,17,20). The van der Waals surface area contributed by atoms with Crippen LogP contribution in [0.1, 0.15) is 27.2 Å². The molecule has 0 aromatic heterocycles. The van der Waals surface area contributed by atoms with Crippen LogP contribution in [0.4, 0.5) is 5.69 Å². The van der Waals surface area contributed by atoms with E-state index in [9.17, 15) is 4.79 Å². The van der Waals surface area contributed by atoms with Gasteiger partial charge in [0.2, 0.25) is 5.91 Å². The summed E-state index contributed by atoms with van der Waals surface area (Å²) in [6.07, 6.45) is 0.689. The van der Waals surface area contributed by atoms with Crippen LogP contribution < -0.4 is 5.32 Å². The van der Waals surface area contributed by atoms with Gasteiger partial charge in [0.15, 0.2) is 0 Å². The van der Waals surface area contributed by atoms with Crippen molar-refractivity contribution in [2.45, 2.75) is 27.2 Å². The van der Waals surface area contributed by atoms with E-state index in [2.05, 4.69) is 31.0 Å². The van der Waals surface area contributed by atoms with Crippen molar-refractivity contribution in [3.05, 3.63) is 30.3 Å². The van der Waals surface area contributed by atoms with Crippen LogP contribution in [0, 0.1) is 5.41 Å². The highest BCUT2D eigenvalue weighted by Gasteiger charge is 2.18. The van der Waals surface area contributed by atoms with E-state index in [1.807, 2.05) is 30.3 Å². The maximum absolute atomic E-state index is 12.1. The van der Waals surface area contributed by atoms with Crippen LogP contribution in [-0.2, 0) is 4.79 Å². The number of carbonyl (C=O) groups excluding carboxylic acids is 1. The van der Waals surface area contributed by atoms with Gasteiger partial charge in [0.05, 0.1) is 6.54 Å². The molecule has 0 radical (unpaired) electrons. The van der Waals surface area contributed by atoms with Gasteiger partial charge in [-0.2, -0.15) is 0 Å². The molecule has 4 nitrogen and oxygen atoms in total. The molecule has 0 fully saturated rings. The van der Waals surface area contributed by atoms with Gasteiger partial charge < -0.3 is 10.4 Å². The molecular formula is C16H26N2O2. The van der Waals surface area contributed by atoms with Gasteiger partial charge in [-0.1, -0.05) is 39.0 Å². The van der Waals surface area contributed by atoms with Crippen molar-refractivity contribution in [3.8, 4) is 0 Å². The normalized spacial score (nSPS) is 11.7. The number of hydrogen-bond acceptors (Lipinski definition) is 3. The molecule has 0 saturated heterocycles. The highest BCUT2D eigenvalue weighted by Crippen LogP contribution is 2.15. The molecule has 0 atom stereocenters. The number of nitrogens with one attached hydrogen (secondary N) is 1. The zero-order valence-electron chi connectivity index (χ0n) is 12.7. The van der Waals surface area contributed by atoms with Gasteiger partial charge in [0.1, 0.15) is 0 Å². The molecule has 0 spiro atoms. The van der Waals surface area contributed by atoms with E-state index in [1.165, 1.54) is 0 Å². The number of amides is 1. The van der Waals surface area contributed by atoms with E-state index >= 15 is 0 Å². The summed E-state index contributed by atoms with van der Waals surface area (Å²) < 4.78 is 0. The molecule has 1 aromatic carbocycles. The minimum absolute atomic E-state index is 0.0154. The molecule has 0 aliphatic rings. The maximum atomic E-state index is 12.1. The lowest BCUT2D eigenvalue weighted by molar-refractivity contribution is -0.117. The molecule has 0 saturated carbocycles. The number of benzene rings is 1. The summed E-state index contributed by atoms with van der Waals surface area (Å²) in [4.78, 5) is 14.1. The molecule has 20 heavy (non-hydrogen) atoms. The lowest BCUT2D eigenvalue weighted by atomic mass is 9.96. The molecule has 1 rings (SSSR count). The summed E-state index contributed by atoms with van der Waals surface area (Å²) in [5.41, 5.74) is 0.943. The Hall–Kier alpha value is -1.39. The van der Waals surface area contributed by atoms with Gasteiger partial charge in [0, 0.05) is 25.4 Å². The van der Waals surface area contributed by atoms with Crippen LogP contribution in [0.5, 0.6) is 0 Å². The van der Waals surface area contributed by atoms with E-state index in [0.717, 1.165) is 18.8 Å².